The van der Waals surface area contributed by atoms with Crippen molar-refractivity contribution in [3.8, 4) is 56.3 Å². The Kier molecular flexibility index (Phi) is 7.37. The zero-order valence-corrected chi connectivity index (χ0v) is 31.9. The van der Waals surface area contributed by atoms with Crippen molar-refractivity contribution in [2.45, 2.75) is 0 Å². The number of furan rings is 1. The van der Waals surface area contributed by atoms with Gasteiger partial charge in [-0.15, -0.1) is 11.3 Å². The molecule has 0 N–H and O–H groups in total. The topological polar surface area (TPSA) is 51.8 Å². The molecule has 5 heteroatoms. The summed E-state index contributed by atoms with van der Waals surface area (Å²) >= 11 is 1.83. The maximum atomic E-state index is 6.48. The quantitative estimate of drug-likeness (QED) is 0.175. The lowest BCUT2D eigenvalue weighted by atomic mass is 9.92. The van der Waals surface area contributed by atoms with Crippen LogP contribution < -0.4 is 0 Å². The van der Waals surface area contributed by atoms with Gasteiger partial charge in [-0.3, -0.25) is 0 Å². The van der Waals surface area contributed by atoms with E-state index in [-0.39, 0.29) is 0 Å². The second-order valence-electron chi connectivity index (χ2n) is 14.7. The largest absolute Gasteiger partial charge is 0.455 e. The first kappa shape index (κ1) is 32.7. The Bertz CT molecular complexity index is 3590. The fourth-order valence-electron chi connectivity index (χ4n) is 8.62. The molecule has 0 unspecified atom stereocenters. The van der Waals surface area contributed by atoms with Gasteiger partial charge in [-0.1, -0.05) is 152 Å². The number of nitrogens with zero attached hydrogens (tertiary/aromatic N) is 3. The molecule has 12 aromatic rings. The lowest BCUT2D eigenvalue weighted by molar-refractivity contribution is 0.670. The van der Waals surface area contributed by atoms with Crippen LogP contribution in [0.25, 0.3) is 120 Å². The smallest absolute Gasteiger partial charge is 0.160 e. The molecule has 0 atom stereocenters. The number of fused-ring (bicyclic) bond motifs is 9. The number of para-hydroxylation sites is 3. The summed E-state index contributed by atoms with van der Waals surface area (Å²) in [6.45, 7) is 0. The van der Waals surface area contributed by atoms with Gasteiger partial charge in [0.25, 0.3) is 0 Å². The zero-order valence-electron chi connectivity index (χ0n) is 31.1. The van der Waals surface area contributed by atoms with Gasteiger partial charge in [-0.25, -0.2) is 15.0 Å². The number of rotatable bonds is 5. The fourth-order valence-corrected chi connectivity index (χ4v) is 9.84. The molecule has 12 rings (SSSR count). The SMILES string of the molecule is c1ccc(-c2nc(-c3cccc(-c4ccc(-c5nc6ccccc6c6c5sc5ccccc56)c5ccccc45)c3)cc(-c3cccc4c3oc3ccccc34)n2)cc1. The number of hydrogen-bond donors (Lipinski definition) is 0. The molecule has 58 heavy (non-hydrogen) atoms. The van der Waals surface area contributed by atoms with Crippen LogP contribution in [-0.2, 0) is 0 Å². The van der Waals surface area contributed by atoms with Crippen molar-refractivity contribution < 1.29 is 4.42 Å². The summed E-state index contributed by atoms with van der Waals surface area (Å²) in [4.78, 5) is 15.7. The van der Waals surface area contributed by atoms with E-state index in [1.807, 2.05) is 41.7 Å². The van der Waals surface area contributed by atoms with Gasteiger partial charge in [0.15, 0.2) is 5.82 Å². The average molecular weight is 758 g/mol. The van der Waals surface area contributed by atoms with E-state index < -0.39 is 0 Å². The first-order valence-electron chi connectivity index (χ1n) is 19.4. The third-order valence-corrected chi connectivity index (χ3v) is 12.5. The highest BCUT2D eigenvalue weighted by atomic mass is 32.1. The van der Waals surface area contributed by atoms with Crippen LogP contribution in [0.15, 0.2) is 192 Å². The van der Waals surface area contributed by atoms with Gasteiger partial charge >= 0.3 is 0 Å². The van der Waals surface area contributed by atoms with Crippen LogP contribution in [0.1, 0.15) is 0 Å². The minimum Gasteiger partial charge on any atom is -0.455 e. The van der Waals surface area contributed by atoms with Crippen LogP contribution in [0.4, 0.5) is 0 Å². The monoisotopic (exact) mass is 757 g/mol. The van der Waals surface area contributed by atoms with Crippen LogP contribution in [0, 0.1) is 0 Å². The molecular weight excluding hydrogens is 727 g/mol. The number of thiophene rings is 1. The maximum absolute atomic E-state index is 6.48. The van der Waals surface area contributed by atoms with E-state index in [9.17, 15) is 0 Å². The Morgan fingerprint density at radius 2 is 1.03 bits per heavy atom. The Labute approximate surface area is 337 Å². The second kappa shape index (κ2) is 13.1. The minimum atomic E-state index is 0.664. The standard InChI is InChI=1S/C53H31N3OS/c1-2-14-32(15-3-1)53-55-45(31-46(56-53)42-24-13-23-40-38-20-7-10-26-47(38)57-51(40)42)34-17-12-16-33(30-34)35-28-29-39(37-19-5-4-18-36(35)37)50-52-49(41-21-6-9-25-44(41)54-50)43-22-8-11-27-48(43)58-52/h1-31H. The van der Waals surface area contributed by atoms with E-state index in [0.29, 0.717) is 5.82 Å². The molecular formula is C53H31N3OS. The Morgan fingerprint density at radius 1 is 0.397 bits per heavy atom. The highest BCUT2D eigenvalue weighted by molar-refractivity contribution is 7.26. The average Bonchev–Trinajstić information content (AvgIpc) is 3.88. The summed E-state index contributed by atoms with van der Waals surface area (Å²) in [5.41, 5.74) is 11.6. The van der Waals surface area contributed by atoms with Crippen LogP contribution in [0.5, 0.6) is 0 Å². The summed E-state index contributed by atoms with van der Waals surface area (Å²) < 4.78 is 8.97. The summed E-state index contributed by atoms with van der Waals surface area (Å²) in [5.74, 6) is 0.664. The predicted molar refractivity (Wildman–Crippen MR) is 242 cm³/mol. The highest BCUT2D eigenvalue weighted by Gasteiger charge is 2.20. The Morgan fingerprint density at radius 3 is 1.91 bits per heavy atom. The fraction of sp³-hybridized carbons (Fsp3) is 0. The molecule has 0 spiro atoms. The van der Waals surface area contributed by atoms with Gasteiger partial charge in [0.2, 0.25) is 0 Å². The highest BCUT2D eigenvalue weighted by Crippen LogP contribution is 2.45. The molecule has 4 nitrogen and oxygen atoms in total. The molecule has 4 aromatic heterocycles. The molecule has 0 bridgehead atoms. The molecule has 0 saturated carbocycles. The summed E-state index contributed by atoms with van der Waals surface area (Å²) in [6.07, 6.45) is 0. The maximum Gasteiger partial charge on any atom is 0.160 e. The van der Waals surface area contributed by atoms with E-state index in [4.69, 9.17) is 19.4 Å². The van der Waals surface area contributed by atoms with E-state index in [0.717, 1.165) is 77.9 Å². The summed E-state index contributed by atoms with van der Waals surface area (Å²) in [7, 11) is 0. The molecule has 4 heterocycles. The van der Waals surface area contributed by atoms with Crippen LogP contribution in [0.2, 0.25) is 0 Å². The van der Waals surface area contributed by atoms with Crippen molar-refractivity contribution in [1.29, 1.82) is 0 Å². The molecule has 0 fully saturated rings. The molecule has 8 aromatic carbocycles. The third kappa shape index (κ3) is 5.18. The van der Waals surface area contributed by atoms with Crippen LogP contribution in [0.3, 0.4) is 0 Å². The lowest BCUT2D eigenvalue weighted by Gasteiger charge is -2.14. The Balaban J connectivity index is 1.03. The Hall–Kier alpha value is -7.47. The second-order valence-corrected chi connectivity index (χ2v) is 15.7. The first-order chi connectivity index (χ1) is 28.7. The summed E-state index contributed by atoms with van der Waals surface area (Å²) in [5, 5.41) is 8.24. The summed E-state index contributed by atoms with van der Waals surface area (Å²) in [6, 6.07) is 65.9. The van der Waals surface area contributed by atoms with Gasteiger partial charge in [0.05, 0.1) is 27.3 Å². The third-order valence-electron chi connectivity index (χ3n) is 11.3. The van der Waals surface area contributed by atoms with Crippen molar-refractivity contribution in [2.24, 2.45) is 0 Å². The van der Waals surface area contributed by atoms with Crippen molar-refractivity contribution >= 4 is 75.1 Å². The molecule has 0 aliphatic heterocycles. The molecule has 0 amide bonds. The van der Waals surface area contributed by atoms with Gasteiger partial charge < -0.3 is 4.42 Å². The van der Waals surface area contributed by atoms with Gasteiger partial charge in [-0.2, -0.15) is 0 Å². The lowest BCUT2D eigenvalue weighted by Crippen LogP contribution is -1.96. The van der Waals surface area contributed by atoms with Crippen molar-refractivity contribution in [1.82, 2.24) is 15.0 Å². The number of hydrogen-bond acceptors (Lipinski definition) is 5. The molecule has 0 aliphatic rings. The predicted octanol–water partition coefficient (Wildman–Crippen LogP) is 14.8. The molecule has 270 valence electrons. The van der Waals surface area contributed by atoms with E-state index in [1.165, 1.54) is 36.3 Å². The zero-order chi connectivity index (χ0) is 38.2. The van der Waals surface area contributed by atoms with Gasteiger partial charge in [0.1, 0.15) is 11.2 Å². The number of pyridine rings is 1. The minimum absolute atomic E-state index is 0.664. The van der Waals surface area contributed by atoms with Crippen LogP contribution >= 0.6 is 11.3 Å². The van der Waals surface area contributed by atoms with Crippen LogP contribution in [-0.4, -0.2) is 15.0 Å². The first-order valence-corrected chi connectivity index (χ1v) is 20.2. The van der Waals surface area contributed by atoms with E-state index in [2.05, 4.69) is 158 Å². The van der Waals surface area contributed by atoms with Crippen molar-refractivity contribution in [3.05, 3.63) is 188 Å². The van der Waals surface area contributed by atoms with E-state index in [1.54, 1.807) is 0 Å². The van der Waals surface area contributed by atoms with Crippen molar-refractivity contribution in [2.75, 3.05) is 0 Å². The van der Waals surface area contributed by atoms with E-state index >= 15 is 0 Å². The molecule has 0 saturated heterocycles. The normalized spacial score (nSPS) is 11.8. The van der Waals surface area contributed by atoms with Gasteiger partial charge in [0, 0.05) is 53.9 Å². The van der Waals surface area contributed by atoms with Crippen molar-refractivity contribution in [3.63, 3.8) is 0 Å². The van der Waals surface area contributed by atoms with Gasteiger partial charge in [-0.05, 0) is 58.3 Å². The molecule has 0 radical (unpaired) electrons. The molecule has 0 aliphatic carbocycles. The number of aromatic nitrogens is 3. The number of benzene rings is 8.